The molecule has 2 heterocycles. The molecule has 0 fully saturated rings. The number of hydrogen-bond acceptors (Lipinski definition) is 4. The van der Waals surface area contributed by atoms with E-state index in [0.717, 1.165) is 32.7 Å². The van der Waals surface area contributed by atoms with Gasteiger partial charge in [-0.2, -0.15) is 0 Å². The van der Waals surface area contributed by atoms with Crippen molar-refractivity contribution in [1.82, 2.24) is 4.98 Å². The van der Waals surface area contributed by atoms with Crippen molar-refractivity contribution >= 4 is 32.6 Å². The summed E-state index contributed by atoms with van der Waals surface area (Å²) in [7, 11) is 0. The number of amides is 1. The minimum atomic E-state index is 0.0230. The lowest BCUT2D eigenvalue weighted by Crippen LogP contribution is -2.32. The lowest BCUT2D eigenvalue weighted by molar-refractivity contribution is -0.118. The first kappa shape index (κ1) is 20.4. The highest BCUT2D eigenvalue weighted by molar-refractivity contribution is 7.22. The second-order valence-electron chi connectivity index (χ2n) is 8.04. The average molecular weight is 419 g/mol. The number of aryl methyl sites for hydroxylation is 5. The number of carbonyl (C=O) groups is 1. The summed E-state index contributed by atoms with van der Waals surface area (Å²) in [6, 6.07) is 12.2. The minimum Gasteiger partial charge on any atom is -0.467 e. The Kier molecular flexibility index (Phi) is 5.48. The van der Waals surface area contributed by atoms with E-state index in [1.54, 1.807) is 22.5 Å². The SMILES string of the molecule is Cc1cc(C)c(CC(=O)N(Cc2ccco2)c2nc3cc(C)cc(C)c3s2)c(C)c1. The molecule has 0 bridgehead atoms. The topological polar surface area (TPSA) is 46.3 Å². The molecular weight excluding hydrogens is 392 g/mol. The molecule has 0 saturated heterocycles. The van der Waals surface area contributed by atoms with Crippen LogP contribution in [0.25, 0.3) is 10.2 Å². The van der Waals surface area contributed by atoms with Crippen LogP contribution in [0.4, 0.5) is 5.13 Å². The van der Waals surface area contributed by atoms with Crippen molar-refractivity contribution in [2.45, 2.75) is 47.6 Å². The molecule has 0 aliphatic heterocycles. The second-order valence-corrected chi connectivity index (χ2v) is 9.02. The molecule has 0 aliphatic carbocycles. The van der Waals surface area contributed by atoms with E-state index in [9.17, 15) is 4.79 Å². The number of anilines is 1. The molecule has 30 heavy (non-hydrogen) atoms. The van der Waals surface area contributed by atoms with Crippen LogP contribution < -0.4 is 4.90 Å². The number of carbonyl (C=O) groups excluding carboxylic acids is 1. The van der Waals surface area contributed by atoms with E-state index in [1.807, 2.05) is 12.1 Å². The molecule has 5 heteroatoms. The van der Waals surface area contributed by atoms with Gasteiger partial charge < -0.3 is 4.42 Å². The van der Waals surface area contributed by atoms with E-state index in [-0.39, 0.29) is 5.91 Å². The molecule has 4 rings (SSSR count). The first-order valence-electron chi connectivity index (χ1n) is 10.1. The standard InChI is InChI=1S/C25H26N2O2S/c1-15-9-17(3)21(18(4)10-15)13-23(28)27(14-20-7-6-8-29-20)25-26-22-12-16(2)11-19(5)24(22)30-25/h6-12H,13-14H2,1-5H3. The first-order valence-corrected chi connectivity index (χ1v) is 10.9. The predicted octanol–water partition coefficient (Wildman–Crippen LogP) is 6.21. The summed E-state index contributed by atoms with van der Waals surface area (Å²) in [6.07, 6.45) is 1.98. The molecule has 4 aromatic rings. The highest BCUT2D eigenvalue weighted by Gasteiger charge is 2.23. The molecule has 0 N–H and O–H groups in total. The van der Waals surface area contributed by atoms with Gasteiger partial charge in [-0.3, -0.25) is 9.69 Å². The maximum Gasteiger partial charge on any atom is 0.233 e. The van der Waals surface area contributed by atoms with Gasteiger partial charge >= 0.3 is 0 Å². The normalized spacial score (nSPS) is 11.2. The lowest BCUT2D eigenvalue weighted by atomic mass is 9.97. The molecule has 4 nitrogen and oxygen atoms in total. The highest BCUT2D eigenvalue weighted by atomic mass is 32.1. The Bertz CT molecular complexity index is 1200. The van der Waals surface area contributed by atoms with E-state index < -0.39 is 0 Å². The van der Waals surface area contributed by atoms with E-state index >= 15 is 0 Å². The van der Waals surface area contributed by atoms with Gasteiger partial charge in [0.2, 0.25) is 5.91 Å². The van der Waals surface area contributed by atoms with E-state index in [1.165, 1.54) is 16.7 Å². The van der Waals surface area contributed by atoms with Crippen LogP contribution in [-0.2, 0) is 17.8 Å². The van der Waals surface area contributed by atoms with Crippen LogP contribution in [0.3, 0.4) is 0 Å². The molecule has 0 saturated carbocycles. The third-order valence-corrected chi connectivity index (χ3v) is 6.63. The number of fused-ring (bicyclic) bond motifs is 1. The van der Waals surface area contributed by atoms with Gasteiger partial charge in [-0.1, -0.05) is 35.1 Å². The van der Waals surface area contributed by atoms with Gasteiger partial charge in [-0.25, -0.2) is 4.98 Å². The fraction of sp³-hybridized carbons (Fsp3) is 0.280. The number of aromatic nitrogens is 1. The number of rotatable bonds is 5. The quantitative estimate of drug-likeness (QED) is 0.387. The number of nitrogens with zero attached hydrogens (tertiary/aromatic N) is 2. The zero-order valence-electron chi connectivity index (χ0n) is 18.1. The molecular formula is C25H26N2O2S. The Labute approximate surface area is 181 Å². The third-order valence-electron chi connectivity index (χ3n) is 5.40. The van der Waals surface area contributed by atoms with Crippen molar-refractivity contribution in [2.75, 3.05) is 4.90 Å². The van der Waals surface area contributed by atoms with Gasteiger partial charge in [0.15, 0.2) is 5.13 Å². The lowest BCUT2D eigenvalue weighted by Gasteiger charge is -2.20. The van der Waals surface area contributed by atoms with Crippen molar-refractivity contribution in [1.29, 1.82) is 0 Å². The summed E-state index contributed by atoms with van der Waals surface area (Å²) in [6.45, 7) is 10.8. The summed E-state index contributed by atoms with van der Waals surface area (Å²) >= 11 is 1.56. The van der Waals surface area contributed by atoms with E-state index in [2.05, 4.69) is 58.9 Å². The zero-order chi connectivity index (χ0) is 21.4. The zero-order valence-corrected chi connectivity index (χ0v) is 18.9. The molecule has 0 unspecified atom stereocenters. The Morgan fingerprint density at radius 2 is 1.67 bits per heavy atom. The fourth-order valence-electron chi connectivity index (χ4n) is 4.04. The Hall–Kier alpha value is -2.92. The molecule has 154 valence electrons. The molecule has 0 radical (unpaired) electrons. The van der Waals surface area contributed by atoms with E-state index in [4.69, 9.17) is 9.40 Å². The van der Waals surface area contributed by atoms with Crippen LogP contribution in [-0.4, -0.2) is 10.9 Å². The number of furan rings is 1. The van der Waals surface area contributed by atoms with Gasteiger partial charge in [0.05, 0.1) is 29.4 Å². The summed E-state index contributed by atoms with van der Waals surface area (Å²) in [5, 5.41) is 0.711. The molecule has 0 spiro atoms. The summed E-state index contributed by atoms with van der Waals surface area (Å²) < 4.78 is 6.67. The molecule has 0 aliphatic rings. The summed E-state index contributed by atoms with van der Waals surface area (Å²) in [5.74, 6) is 0.766. The van der Waals surface area contributed by atoms with Gasteiger partial charge in [0.1, 0.15) is 5.76 Å². The molecule has 1 amide bonds. The fourth-order valence-corrected chi connectivity index (χ4v) is 5.07. The average Bonchev–Trinajstić information content (AvgIpc) is 3.32. The van der Waals surface area contributed by atoms with Crippen molar-refractivity contribution in [2.24, 2.45) is 0 Å². The van der Waals surface area contributed by atoms with Gasteiger partial charge in [0, 0.05) is 0 Å². The van der Waals surface area contributed by atoms with Crippen LogP contribution in [0.1, 0.15) is 39.1 Å². The largest absolute Gasteiger partial charge is 0.467 e. The monoisotopic (exact) mass is 418 g/mol. The smallest absolute Gasteiger partial charge is 0.233 e. The number of thiazole rings is 1. The van der Waals surface area contributed by atoms with Crippen LogP contribution in [0, 0.1) is 34.6 Å². The minimum absolute atomic E-state index is 0.0230. The molecule has 2 aromatic carbocycles. The van der Waals surface area contributed by atoms with Crippen LogP contribution in [0.5, 0.6) is 0 Å². The highest BCUT2D eigenvalue weighted by Crippen LogP contribution is 2.33. The second kappa shape index (κ2) is 8.07. The number of benzene rings is 2. The van der Waals surface area contributed by atoms with E-state index in [0.29, 0.717) is 18.1 Å². The Morgan fingerprint density at radius 1 is 1.00 bits per heavy atom. The van der Waals surface area contributed by atoms with Crippen molar-refractivity contribution in [3.8, 4) is 0 Å². The molecule has 2 aromatic heterocycles. The van der Waals surface area contributed by atoms with Crippen molar-refractivity contribution in [3.05, 3.63) is 81.8 Å². The Morgan fingerprint density at radius 3 is 2.33 bits per heavy atom. The van der Waals surface area contributed by atoms with Gasteiger partial charge in [-0.15, -0.1) is 0 Å². The molecule has 0 atom stereocenters. The van der Waals surface area contributed by atoms with Gasteiger partial charge in [0.25, 0.3) is 0 Å². The van der Waals surface area contributed by atoms with Crippen LogP contribution in [0.15, 0.2) is 47.1 Å². The van der Waals surface area contributed by atoms with Crippen LogP contribution in [0.2, 0.25) is 0 Å². The van der Waals surface area contributed by atoms with Crippen molar-refractivity contribution < 1.29 is 9.21 Å². The maximum atomic E-state index is 13.5. The Balaban J connectivity index is 1.73. The summed E-state index contributed by atoms with van der Waals surface area (Å²) in [5.41, 5.74) is 7.89. The predicted molar refractivity (Wildman–Crippen MR) is 123 cm³/mol. The first-order chi connectivity index (χ1) is 14.3. The van der Waals surface area contributed by atoms with Crippen LogP contribution >= 0.6 is 11.3 Å². The third kappa shape index (κ3) is 4.03. The number of hydrogen-bond donors (Lipinski definition) is 0. The van der Waals surface area contributed by atoms with Gasteiger partial charge in [-0.05, 0) is 80.6 Å². The summed E-state index contributed by atoms with van der Waals surface area (Å²) in [4.78, 5) is 20.1. The maximum absolute atomic E-state index is 13.5. The van der Waals surface area contributed by atoms with Crippen molar-refractivity contribution in [3.63, 3.8) is 0 Å².